The van der Waals surface area contributed by atoms with Gasteiger partial charge in [0.1, 0.15) is 17.4 Å². The predicted octanol–water partition coefficient (Wildman–Crippen LogP) is 1.96. The minimum absolute atomic E-state index is 0.0159. The lowest BCUT2D eigenvalue weighted by atomic mass is 10.2. The van der Waals surface area contributed by atoms with Gasteiger partial charge in [0.2, 0.25) is 0 Å². The van der Waals surface area contributed by atoms with E-state index >= 15 is 0 Å². The molecule has 2 nitrogen and oxygen atoms in total. The van der Waals surface area contributed by atoms with Crippen LogP contribution in [0.3, 0.4) is 0 Å². The highest BCUT2D eigenvalue weighted by molar-refractivity contribution is 5.41. The molecular formula is C8H4F2NO. The van der Waals surface area contributed by atoms with Crippen LogP contribution in [0.5, 0.6) is 5.75 Å². The SMILES string of the molecule is N#Cc1[c]cccc1OC(F)F. The summed E-state index contributed by atoms with van der Waals surface area (Å²) in [6, 6.07) is 8.38. The fourth-order valence-corrected chi connectivity index (χ4v) is 0.703. The first-order valence-corrected chi connectivity index (χ1v) is 3.09. The van der Waals surface area contributed by atoms with Crippen LogP contribution in [0.1, 0.15) is 5.56 Å². The van der Waals surface area contributed by atoms with E-state index in [0.29, 0.717) is 0 Å². The van der Waals surface area contributed by atoms with Crippen molar-refractivity contribution in [2.45, 2.75) is 6.61 Å². The molecule has 0 fully saturated rings. The Balaban J connectivity index is 2.91. The Bertz CT molecular complexity index is 306. The third kappa shape index (κ3) is 1.92. The Morgan fingerprint density at radius 1 is 1.58 bits per heavy atom. The third-order valence-electron chi connectivity index (χ3n) is 1.15. The van der Waals surface area contributed by atoms with Crippen molar-refractivity contribution >= 4 is 0 Å². The van der Waals surface area contributed by atoms with E-state index < -0.39 is 6.61 Å². The number of hydrogen-bond donors (Lipinski definition) is 0. The zero-order valence-corrected chi connectivity index (χ0v) is 5.92. The molecule has 0 bridgehead atoms. The van der Waals surface area contributed by atoms with Crippen LogP contribution in [-0.4, -0.2) is 6.61 Å². The van der Waals surface area contributed by atoms with Gasteiger partial charge in [0.25, 0.3) is 0 Å². The normalized spacial score (nSPS) is 9.50. The lowest BCUT2D eigenvalue weighted by Gasteiger charge is -2.04. The van der Waals surface area contributed by atoms with Crippen LogP contribution in [0.2, 0.25) is 0 Å². The number of ether oxygens (including phenoxy) is 1. The van der Waals surface area contributed by atoms with Crippen LogP contribution in [0.15, 0.2) is 18.2 Å². The van der Waals surface area contributed by atoms with Crippen molar-refractivity contribution in [1.82, 2.24) is 0 Å². The first-order valence-electron chi connectivity index (χ1n) is 3.09. The molecule has 12 heavy (non-hydrogen) atoms. The molecule has 0 aliphatic rings. The molecule has 0 amide bonds. The molecule has 0 saturated carbocycles. The van der Waals surface area contributed by atoms with Gasteiger partial charge in [0, 0.05) is 6.07 Å². The van der Waals surface area contributed by atoms with Crippen molar-refractivity contribution in [2.75, 3.05) is 0 Å². The zero-order chi connectivity index (χ0) is 8.97. The van der Waals surface area contributed by atoms with E-state index in [2.05, 4.69) is 10.8 Å². The molecular weight excluding hydrogens is 164 g/mol. The molecule has 0 aromatic heterocycles. The standard InChI is InChI=1S/C8H4F2NO/c9-8(10)12-7-4-2-1-3-6(7)5-11/h1-2,4,8H. The van der Waals surface area contributed by atoms with E-state index in [0.717, 1.165) is 0 Å². The second-order valence-corrected chi connectivity index (χ2v) is 1.90. The number of nitrogens with zero attached hydrogens (tertiary/aromatic N) is 1. The Labute approximate surface area is 68.0 Å². The van der Waals surface area contributed by atoms with Crippen LogP contribution in [-0.2, 0) is 0 Å². The fraction of sp³-hybridized carbons (Fsp3) is 0.125. The summed E-state index contributed by atoms with van der Waals surface area (Å²) in [7, 11) is 0. The lowest BCUT2D eigenvalue weighted by Crippen LogP contribution is -2.03. The first-order chi connectivity index (χ1) is 5.74. The summed E-state index contributed by atoms with van der Waals surface area (Å²) in [5.41, 5.74) is -0.0159. The van der Waals surface area contributed by atoms with Crippen molar-refractivity contribution in [3.63, 3.8) is 0 Å². The molecule has 0 aliphatic carbocycles. The molecule has 0 atom stereocenters. The molecule has 0 heterocycles. The van der Waals surface area contributed by atoms with Gasteiger partial charge in [0.15, 0.2) is 0 Å². The van der Waals surface area contributed by atoms with Gasteiger partial charge in [-0.25, -0.2) is 0 Å². The Morgan fingerprint density at radius 3 is 2.92 bits per heavy atom. The molecule has 1 radical (unpaired) electrons. The molecule has 0 saturated heterocycles. The molecule has 0 aliphatic heterocycles. The molecule has 1 aromatic rings. The highest BCUT2D eigenvalue weighted by Crippen LogP contribution is 2.17. The number of alkyl halides is 2. The number of rotatable bonds is 2. The highest BCUT2D eigenvalue weighted by Gasteiger charge is 2.07. The summed E-state index contributed by atoms with van der Waals surface area (Å²) in [6.07, 6.45) is 0. The lowest BCUT2D eigenvalue weighted by molar-refractivity contribution is -0.0500. The van der Waals surface area contributed by atoms with Crippen LogP contribution in [0.4, 0.5) is 8.78 Å². The molecule has 1 aromatic carbocycles. The first kappa shape index (κ1) is 8.47. The number of halogens is 2. The van der Waals surface area contributed by atoms with E-state index in [9.17, 15) is 8.78 Å². The maximum atomic E-state index is 11.7. The number of benzene rings is 1. The summed E-state index contributed by atoms with van der Waals surface area (Å²) in [4.78, 5) is 0. The highest BCUT2D eigenvalue weighted by atomic mass is 19.3. The molecule has 0 unspecified atom stereocenters. The topological polar surface area (TPSA) is 33.0 Å². The van der Waals surface area contributed by atoms with E-state index in [1.165, 1.54) is 18.2 Å². The van der Waals surface area contributed by atoms with Gasteiger partial charge in [0.05, 0.1) is 0 Å². The van der Waals surface area contributed by atoms with Crippen LogP contribution in [0, 0.1) is 17.4 Å². The van der Waals surface area contributed by atoms with Crippen molar-refractivity contribution < 1.29 is 13.5 Å². The van der Waals surface area contributed by atoms with Crippen molar-refractivity contribution in [3.8, 4) is 11.8 Å². The summed E-state index contributed by atoms with van der Waals surface area (Å²) in [5, 5.41) is 8.43. The molecule has 1 rings (SSSR count). The predicted molar refractivity (Wildman–Crippen MR) is 36.6 cm³/mol. The van der Waals surface area contributed by atoms with Gasteiger partial charge in [-0.15, -0.1) is 0 Å². The van der Waals surface area contributed by atoms with Crippen molar-refractivity contribution in [3.05, 3.63) is 29.8 Å². The van der Waals surface area contributed by atoms with Crippen molar-refractivity contribution in [2.24, 2.45) is 0 Å². The maximum absolute atomic E-state index is 11.7. The number of nitriles is 1. The average molecular weight is 168 g/mol. The van der Waals surface area contributed by atoms with E-state index in [1.807, 2.05) is 0 Å². The summed E-state index contributed by atoms with van der Waals surface area (Å²) in [6.45, 7) is -2.91. The molecule has 0 N–H and O–H groups in total. The van der Waals surface area contributed by atoms with Crippen LogP contribution >= 0.6 is 0 Å². The minimum atomic E-state index is -2.91. The van der Waals surface area contributed by atoms with Crippen LogP contribution in [0.25, 0.3) is 0 Å². The smallest absolute Gasteiger partial charge is 0.387 e. The molecule has 61 valence electrons. The van der Waals surface area contributed by atoms with E-state index in [4.69, 9.17) is 5.26 Å². The van der Waals surface area contributed by atoms with E-state index in [1.54, 1.807) is 6.07 Å². The average Bonchev–Trinajstić information content (AvgIpc) is 2.04. The van der Waals surface area contributed by atoms with Gasteiger partial charge >= 0.3 is 6.61 Å². The third-order valence-corrected chi connectivity index (χ3v) is 1.15. The van der Waals surface area contributed by atoms with Gasteiger partial charge in [-0.05, 0) is 6.07 Å². The van der Waals surface area contributed by atoms with Crippen LogP contribution < -0.4 is 4.74 Å². The zero-order valence-electron chi connectivity index (χ0n) is 5.92. The summed E-state index contributed by atoms with van der Waals surface area (Å²) >= 11 is 0. The van der Waals surface area contributed by atoms with Gasteiger partial charge < -0.3 is 4.74 Å². The van der Waals surface area contributed by atoms with Gasteiger partial charge in [-0.3, -0.25) is 0 Å². The Kier molecular flexibility index (Phi) is 2.59. The monoisotopic (exact) mass is 168 g/mol. The molecule has 4 heteroatoms. The summed E-state index contributed by atoms with van der Waals surface area (Å²) in [5.74, 6) is -0.144. The molecule has 0 spiro atoms. The van der Waals surface area contributed by atoms with Gasteiger partial charge in [-0.1, -0.05) is 12.1 Å². The second-order valence-electron chi connectivity index (χ2n) is 1.90. The van der Waals surface area contributed by atoms with Gasteiger partial charge in [-0.2, -0.15) is 14.0 Å². The fourth-order valence-electron chi connectivity index (χ4n) is 0.703. The minimum Gasteiger partial charge on any atom is -0.433 e. The summed E-state index contributed by atoms with van der Waals surface area (Å²) < 4.78 is 27.4. The maximum Gasteiger partial charge on any atom is 0.387 e. The Morgan fingerprint density at radius 2 is 2.33 bits per heavy atom. The second kappa shape index (κ2) is 3.67. The largest absolute Gasteiger partial charge is 0.433 e. The number of hydrogen-bond acceptors (Lipinski definition) is 2. The Hall–Kier alpha value is -1.63. The van der Waals surface area contributed by atoms with Crippen molar-refractivity contribution in [1.29, 1.82) is 5.26 Å². The van der Waals surface area contributed by atoms with E-state index in [-0.39, 0.29) is 11.3 Å². The quantitative estimate of drug-likeness (QED) is 0.676.